The van der Waals surface area contributed by atoms with Crippen LogP contribution in [0, 0.1) is 6.92 Å². The minimum absolute atomic E-state index is 0.445. The van der Waals surface area contributed by atoms with E-state index < -0.39 is 0 Å². The number of nitrogens with one attached hydrogen (secondary N) is 1. The number of aryl methyl sites for hydroxylation is 1. The third kappa shape index (κ3) is 2.55. The molecular weight excluding hydrogens is 226 g/mol. The summed E-state index contributed by atoms with van der Waals surface area (Å²) in [5, 5.41) is 12.1. The smallest absolute Gasteiger partial charge is 0.148 e. The molecule has 2 aromatic rings. The van der Waals surface area contributed by atoms with E-state index in [1.165, 1.54) is 11.3 Å². The van der Waals surface area contributed by atoms with Crippen LogP contribution in [-0.2, 0) is 13.6 Å². The van der Waals surface area contributed by atoms with Crippen LogP contribution in [0.3, 0.4) is 0 Å². The van der Waals surface area contributed by atoms with Crippen molar-refractivity contribution >= 4 is 5.82 Å². The molecule has 2 rings (SSSR count). The zero-order valence-electron chi connectivity index (χ0n) is 11.5. The van der Waals surface area contributed by atoms with E-state index in [-0.39, 0.29) is 0 Å². The topological polar surface area (TPSA) is 47.7 Å². The highest BCUT2D eigenvalue weighted by atomic mass is 15.3. The van der Waals surface area contributed by atoms with E-state index in [9.17, 15) is 0 Å². The first kappa shape index (κ1) is 12.7. The molecule has 2 heterocycles. The van der Waals surface area contributed by atoms with Gasteiger partial charge in [-0.2, -0.15) is 10.2 Å². The summed E-state index contributed by atoms with van der Waals surface area (Å²) in [6.07, 6.45) is 5.00. The van der Waals surface area contributed by atoms with Crippen molar-refractivity contribution in [2.45, 2.75) is 39.8 Å². The van der Waals surface area contributed by atoms with Crippen LogP contribution in [0.2, 0.25) is 0 Å². The molecule has 0 bridgehead atoms. The molecule has 0 saturated heterocycles. The van der Waals surface area contributed by atoms with Gasteiger partial charge in [-0.05, 0) is 20.3 Å². The summed E-state index contributed by atoms with van der Waals surface area (Å²) in [6.45, 7) is 7.17. The zero-order valence-corrected chi connectivity index (χ0v) is 11.5. The monoisotopic (exact) mass is 247 g/mol. The molecule has 0 saturated carbocycles. The molecule has 0 fully saturated rings. The molecule has 2 aromatic heterocycles. The normalized spacial score (nSPS) is 12.7. The van der Waals surface area contributed by atoms with Crippen LogP contribution in [0.25, 0.3) is 0 Å². The van der Waals surface area contributed by atoms with Crippen molar-refractivity contribution in [3.05, 3.63) is 29.7 Å². The van der Waals surface area contributed by atoms with E-state index in [1.807, 2.05) is 34.9 Å². The largest absolute Gasteiger partial charge is 0.364 e. The van der Waals surface area contributed by atoms with Crippen LogP contribution in [0.5, 0.6) is 0 Å². The summed E-state index contributed by atoms with van der Waals surface area (Å²) in [7, 11) is 1.95. The van der Waals surface area contributed by atoms with Crippen molar-refractivity contribution in [1.82, 2.24) is 19.6 Å². The summed E-state index contributed by atoms with van der Waals surface area (Å²) in [5.74, 6) is 0.915. The van der Waals surface area contributed by atoms with Gasteiger partial charge in [0.1, 0.15) is 5.82 Å². The van der Waals surface area contributed by atoms with Gasteiger partial charge >= 0.3 is 0 Å². The molecule has 98 valence electrons. The van der Waals surface area contributed by atoms with Crippen molar-refractivity contribution in [1.29, 1.82) is 0 Å². The van der Waals surface area contributed by atoms with E-state index in [0.29, 0.717) is 6.04 Å². The second kappa shape index (κ2) is 5.25. The van der Waals surface area contributed by atoms with Crippen LogP contribution >= 0.6 is 0 Å². The van der Waals surface area contributed by atoms with Crippen molar-refractivity contribution in [3.8, 4) is 0 Å². The minimum Gasteiger partial charge on any atom is -0.364 e. The van der Waals surface area contributed by atoms with E-state index in [1.54, 1.807) is 0 Å². The predicted octanol–water partition coefficient (Wildman–Crippen LogP) is 2.51. The van der Waals surface area contributed by atoms with Crippen LogP contribution < -0.4 is 5.32 Å². The molecule has 5 heteroatoms. The Kier molecular flexibility index (Phi) is 3.69. The van der Waals surface area contributed by atoms with Crippen LogP contribution in [0.15, 0.2) is 18.5 Å². The lowest BCUT2D eigenvalue weighted by molar-refractivity contribution is 0.479. The first-order valence-electron chi connectivity index (χ1n) is 6.38. The summed E-state index contributed by atoms with van der Waals surface area (Å²) < 4.78 is 3.88. The number of hydrogen-bond donors (Lipinski definition) is 1. The Morgan fingerprint density at radius 1 is 1.44 bits per heavy atom. The second-order valence-electron chi connectivity index (χ2n) is 4.67. The third-order valence-corrected chi connectivity index (χ3v) is 3.45. The summed E-state index contributed by atoms with van der Waals surface area (Å²) in [4.78, 5) is 0. The SMILES string of the molecule is CCC(C)n1ccc(NCc2cnn(C)c2C)n1. The number of aromatic nitrogens is 4. The molecule has 0 spiro atoms. The molecule has 0 aliphatic rings. The molecule has 5 nitrogen and oxygen atoms in total. The molecule has 1 atom stereocenters. The number of anilines is 1. The maximum absolute atomic E-state index is 4.51. The standard InChI is InChI=1S/C13H21N5/c1-5-10(2)18-7-6-13(16-18)14-8-12-9-15-17(4)11(12)3/h6-7,9-10H,5,8H2,1-4H3,(H,14,16). The average Bonchev–Trinajstić information content (AvgIpc) is 2.96. The molecule has 18 heavy (non-hydrogen) atoms. The van der Waals surface area contributed by atoms with Crippen molar-refractivity contribution in [2.75, 3.05) is 5.32 Å². The van der Waals surface area contributed by atoms with E-state index in [4.69, 9.17) is 0 Å². The fourth-order valence-electron chi connectivity index (χ4n) is 1.77. The highest BCUT2D eigenvalue weighted by Crippen LogP contribution is 2.13. The molecular formula is C13H21N5. The lowest BCUT2D eigenvalue weighted by atomic mass is 10.2. The van der Waals surface area contributed by atoms with Gasteiger partial charge in [-0.15, -0.1) is 0 Å². The van der Waals surface area contributed by atoms with Gasteiger partial charge in [0.05, 0.1) is 6.20 Å². The Balaban J connectivity index is 1.98. The molecule has 0 aliphatic heterocycles. The maximum Gasteiger partial charge on any atom is 0.148 e. The Hall–Kier alpha value is -1.78. The Morgan fingerprint density at radius 3 is 2.83 bits per heavy atom. The van der Waals surface area contributed by atoms with Gasteiger partial charge in [-0.1, -0.05) is 6.92 Å². The number of rotatable bonds is 5. The number of nitrogens with zero attached hydrogens (tertiary/aromatic N) is 4. The Labute approximate surface area is 108 Å². The van der Waals surface area contributed by atoms with Gasteiger partial charge in [0.2, 0.25) is 0 Å². The van der Waals surface area contributed by atoms with Gasteiger partial charge in [0, 0.05) is 43.2 Å². The molecule has 1 unspecified atom stereocenters. The Bertz CT molecular complexity index is 511. The summed E-state index contributed by atoms with van der Waals surface area (Å²) in [5.41, 5.74) is 2.39. The van der Waals surface area contributed by atoms with Crippen molar-refractivity contribution in [2.24, 2.45) is 7.05 Å². The first-order chi connectivity index (χ1) is 8.61. The zero-order chi connectivity index (χ0) is 13.1. The van der Waals surface area contributed by atoms with Gasteiger partial charge in [0.15, 0.2) is 0 Å². The van der Waals surface area contributed by atoms with Gasteiger partial charge in [0.25, 0.3) is 0 Å². The van der Waals surface area contributed by atoms with Crippen LogP contribution in [-0.4, -0.2) is 19.6 Å². The average molecular weight is 247 g/mol. The van der Waals surface area contributed by atoms with Crippen LogP contribution in [0.1, 0.15) is 37.6 Å². The van der Waals surface area contributed by atoms with Crippen LogP contribution in [0.4, 0.5) is 5.82 Å². The second-order valence-corrected chi connectivity index (χ2v) is 4.67. The van der Waals surface area contributed by atoms with E-state index in [0.717, 1.165) is 18.8 Å². The lowest BCUT2D eigenvalue weighted by Gasteiger charge is -2.08. The highest BCUT2D eigenvalue weighted by Gasteiger charge is 2.06. The maximum atomic E-state index is 4.51. The molecule has 0 radical (unpaired) electrons. The van der Waals surface area contributed by atoms with Crippen molar-refractivity contribution < 1.29 is 0 Å². The summed E-state index contributed by atoms with van der Waals surface area (Å²) >= 11 is 0. The predicted molar refractivity (Wildman–Crippen MR) is 72.5 cm³/mol. The van der Waals surface area contributed by atoms with Gasteiger partial charge < -0.3 is 5.32 Å². The minimum atomic E-state index is 0.445. The molecule has 0 amide bonds. The van der Waals surface area contributed by atoms with Gasteiger partial charge in [-0.3, -0.25) is 9.36 Å². The Morgan fingerprint density at radius 2 is 2.22 bits per heavy atom. The fraction of sp³-hybridized carbons (Fsp3) is 0.538. The van der Waals surface area contributed by atoms with Crippen molar-refractivity contribution in [3.63, 3.8) is 0 Å². The number of hydrogen-bond acceptors (Lipinski definition) is 3. The van der Waals surface area contributed by atoms with Gasteiger partial charge in [-0.25, -0.2) is 0 Å². The molecule has 0 aromatic carbocycles. The molecule has 1 N–H and O–H groups in total. The fourth-order valence-corrected chi connectivity index (χ4v) is 1.77. The lowest BCUT2D eigenvalue weighted by Crippen LogP contribution is -2.06. The first-order valence-corrected chi connectivity index (χ1v) is 6.38. The van der Waals surface area contributed by atoms with E-state index in [2.05, 4.69) is 36.3 Å². The quantitative estimate of drug-likeness (QED) is 0.883. The summed E-state index contributed by atoms with van der Waals surface area (Å²) in [6, 6.07) is 2.46. The van der Waals surface area contributed by atoms with E-state index >= 15 is 0 Å². The third-order valence-electron chi connectivity index (χ3n) is 3.45. The molecule has 0 aliphatic carbocycles. The highest BCUT2D eigenvalue weighted by molar-refractivity contribution is 5.34.